The van der Waals surface area contributed by atoms with E-state index in [-0.39, 0.29) is 16.8 Å². The summed E-state index contributed by atoms with van der Waals surface area (Å²) in [5, 5.41) is 5.15. The SMILES string of the molecule is C1CC2CCC12.CC(C)NC(=O)NS(=O)(=O)c1ccc(CCNC(=O)N2CCCCC2=O)cc1. The molecule has 4 rings (SSSR count). The van der Waals surface area contributed by atoms with Crippen molar-refractivity contribution in [2.24, 2.45) is 11.8 Å². The fraction of sp³-hybridized carbons (Fsp3) is 0.625. The Labute approximate surface area is 202 Å². The van der Waals surface area contributed by atoms with E-state index in [1.807, 2.05) is 4.72 Å². The van der Waals surface area contributed by atoms with Crippen LogP contribution in [0.5, 0.6) is 0 Å². The summed E-state index contributed by atoms with van der Waals surface area (Å²) >= 11 is 0. The van der Waals surface area contributed by atoms with E-state index in [0.717, 1.165) is 18.4 Å². The molecule has 1 heterocycles. The van der Waals surface area contributed by atoms with Crippen LogP contribution in [0, 0.1) is 11.8 Å². The fourth-order valence-electron chi connectivity index (χ4n) is 4.30. The molecule has 1 aromatic carbocycles. The Hall–Kier alpha value is -2.62. The second-order valence-electron chi connectivity index (χ2n) is 9.54. The van der Waals surface area contributed by atoms with Crippen molar-refractivity contribution in [1.29, 1.82) is 0 Å². The van der Waals surface area contributed by atoms with E-state index in [1.54, 1.807) is 51.7 Å². The van der Waals surface area contributed by atoms with Crippen LogP contribution in [0.4, 0.5) is 9.59 Å². The molecule has 188 valence electrons. The van der Waals surface area contributed by atoms with Crippen molar-refractivity contribution in [3.63, 3.8) is 0 Å². The van der Waals surface area contributed by atoms with Crippen LogP contribution in [-0.4, -0.2) is 50.4 Å². The molecule has 2 aliphatic carbocycles. The van der Waals surface area contributed by atoms with Crippen molar-refractivity contribution in [3.8, 4) is 0 Å². The molecular formula is C24H36N4O5S. The summed E-state index contributed by atoms with van der Waals surface area (Å²) in [5.41, 5.74) is 0.816. The standard InChI is InChI=1S/C18H26N4O5S.C6H10/c1-13(2)20-17(24)21-28(26,27)15-8-6-14(7-9-15)10-11-19-18(25)22-12-4-3-5-16(22)23;1-2-6-4-3-5(1)6/h6-9,13H,3-5,10-12H2,1-2H3,(H,19,25)(H2,20,21,24);5-6H,1-4H2. The minimum absolute atomic E-state index is 0.0295. The first-order valence-electron chi connectivity index (χ1n) is 12.2. The first-order valence-corrected chi connectivity index (χ1v) is 13.6. The molecule has 1 aliphatic heterocycles. The normalized spacial score (nSPS) is 21.3. The van der Waals surface area contributed by atoms with E-state index in [2.05, 4.69) is 10.6 Å². The summed E-state index contributed by atoms with van der Waals surface area (Å²) < 4.78 is 26.3. The van der Waals surface area contributed by atoms with Crippen LogP contribution in [0.1, 0.15) is 64.4 Å². The van der Waals surface area contributed by atoms with Crippen molar-refractivity contribution >= 4 is 28.0 Å². The Morgan fingerprint density at radius 2 is 1.65 bits per heavy atom. The number of hydrogen-bond donors (Lipinski definition) is 3. The van der Waals surface area contributed by atoms with Crippen molar-refractivity contribution in [2.75, 3.05) is 13.1 Å². The lowest BCUT2D eigenvalue weighted by Crippen LogP contribution is -2.46. The summed E-state index contributed by atoms with van der Waals surface area (Å²) in [6.45, 7) is 4.21. The van der Waals surface area contributed by atoms with Gasteiger partial charge < -0.3 is 10.6 Å². The third-order valence-electron chi connectivity index (χ3n) is 6.62. The molecule has 3 fully saturated rings. The molecule has 0 atom stereocenters. The summed E-state index contributed by atoms with van der Waals surface area (Å²) in [6.07, 6.45) is 8.75. The number of nitrogens with zero attached hydrogens (tertiary/aromatic N) is 1. The number of sulfonamides is 1. The van der Waals surface area contributed by atoms with Crippen molar-refractivity contribution in [2.45, 2.75) is 76.2 Å². The zero-order valence-corrected chi connectivity index (χ0v) is 20.8. The number of likely N-dealkylation sites (tertiary alicyclic amines) is 1. The van der Waals surface area contributed by atoms with Gasteiger partial charge in [0.25, 0.3) is 10.0 Å². The highest BCUT2D eigenvalue weighted by Crippen LogP contribution is 2.49. The maximum absolute atomic E-state index is 12.2. The van der Waals surface area contributed by atoms with E-state index >= 15 is 0 Å². The van der Waals surface area contributed by atoms with Crippen LogP contribution in [-0.2, 0) is 21.2 Å². The number of carbonyl (C=O) groups excluding carboxylic acids is 3. The lowest BCUT2D eigenvalue weighted by Gasteiger charge is -2.46. The number of fused-ring (bicyclic) bond motifs is 1. The molecule has 0 aromatic heterocycles. The molecule has 5 amide bonds. The molecule has 9 nitrogen and oxygen atoms in total. The van der Waals surface area contributed by atoms with E-state index < -0.39 is 22.1 Å². The second kappa shape index (κ2) is 11.7. The largest absolute Gasteiger partial charge is 0.337 e. The zero-order valence-electron chi connectivity index (χ0n) is 20.0. The number of piperidine rings is 1. The van der Waals surface area contributed by atoms with E-state index in [0.29, 0.717) is 25.9 Å². The molecule has 3 N–H and O–H groups in total. The maximum Gasteiger partial charge on any atom is 0.328 e. The van der Waals surface area contributed by atoms with Gasteiger partial charge in [0.1, 0.15) is 0 Å². The molecule has 0 bridgehead atoms. The first kappa shape index (κ1) is 26.0. The van der Waals surface area contributed by atoms with E-state index in [9.17, 15) is 22.8 Å². The van der Waals surface area contributed by atoms with Gasteiger partial charge >= 0.3 is 12.1 Å². The van der Waals surface area contributed by atoms with Gasteiger partial charge in [0.15, 0.2) is 0 Å². The zero-order chi connectivity index (χ0) is 24.7. The summed E-state index contributed by atoms with van der Waals surface area (Å²) in [4.78, 5) is 36.5. The van der Waals surface area contributed by atoms with E-state index in [1.165, 1.54) is 28.9 Å². The molecule has 1 aromatic rings. The number of amides is 5. The number of benzene rings is 1. The number of urea groups is 2. The minimum atomic E-state index is -3.95. The van der Waals surface area contributed by atoms with Gasteiger partial charge in [0.05, 0.1) is 4.90 Å². The fourth-order valence-corrected chi connectivity index (χ4v) is 5.22. The number of rotatable bonds is 6. The predicted molar refractivity (Wildman–Crippen MR) is 129 cm³/mol. The van der Waals surface area contributed by atoms with Crippen LogP contribution in [0.25, 0.3) is 0 Å². The quantitative estimate of drug-likeness (QED) is 0.563. The molecule has 34 heavy (non-hydrogen) atoms. The van der Waals surface area contributed by atoms with Gasteiger partial charge in [-0.05, 0) is 88.3 Å². The van der Waals surface area contributed by atoms with E-state index in [4.69, 9.17) is 0 Å². The Balaban J connectivity index is 0.000000457. The van der Waals surface area contributed by atoms with Crippen molar-refractivity contribution in [1.82, 2.24) is 20.3 Å². The highest BCUT2D eigenvalue weighted by Gasteiger charge is 2.37. The first-order chi connectivity index (χ1) is 16.2. The van der Waals surface area contributed by atoms with Crippen LogP contribution in [0.15, 0.2) is 29.2 Å². The van der Waals surface area contributed by atoms with Crippen LogP contribution in [0.3, 0.4) is 0 Å². The monoisotopic (exact) mass is 492 g/mol. The van der Waals surface area contributed by atoms with Gasteiger partial charge in [-0.15, -0.1) is 0 Å². The predicted octanol–water partition coefficient (Wildman–Crippen LogP) is 3.15. The Morgan fingerprint density at radius 3 is 2.15 bits per heavy atom. The molecule has 2 saturated carbocycles. The number of nitrogens with one attached hydrogen (secondary N) is 3. The summed E-state index contributed by atoms with van der Waals surface area (Å²) in [7, 11) is -3.95. The number of imide groups is 1. The van der Waals surface area contributed by atoms with Gasteiger partial charge in [-0.1, -0.05) is 12.1 Å². The van der Waals surface area contributed by atoms with Crippen LogP contribution in [0.2, 0.25) is 0 Å². The topological polar surface area (TPSA) is 125 Å². The Morgan fingerprint density at radius 1 is 1.03 bits per heavy atom. The van der Waals surface area contributed by atoms with Crippen LogP contribution >= 0.6 is 0 Å². The van der Waals surface area contributed by atoms with Gasteiger partial charge in [-0.2, -0.15) is 0 Å². The Bertz CT molecular complexity index is 960. The smallest absolute Gasteiger partial charge is 0.328 e. The molecule has 0 spiro atoms. The average molecular weight is 493 g/mol. The summed E-state index contributed by atoms with van der Waals surface area (Å²) in [6, 6.07) is 4.67. The van der Waals surface area contributed by atoms with Crippen molar-refractivity contribution < 1.29 is 22.8 Å². The molecule has 3 aliphatic rings. The highest BCUT2D eigenvalue weighted by atomic mass is 32.2. The average Bonchev–Trinajstić information content (AvgIpc) is 2.76. The minimum Gasteiger partial charge on any atom is -0.337 e. The van der Waals surface area contributed by atoms with Gasteiger partial charge in [-0.3, -0.25) is 9.69 Å². The summed E-state index contributed by atoms with van der Waals surface area (Å²) in [5.74, 6) is 2.27. The molecule has 1 saturated heterocycles. The van der Waals surface area contributed by atoms with Gasteiger partial charge in [0, 0.05) is 25.6 Å². The second-order valence-corrected chi connectivity index (χ2v) is 11.2. The maximum atomic E-state index is 12.2. The third kappa shape index (κ3) is 7.19. The molecule has 0 unspecified atom stereocenters. The number of hydrogen-bond acceptors (Lipinski definition) is 5. The van der Waals surface area contributed by atoms with Gasteiger partial charge in [0.2, 0.25) is 5.91 Å². The lowest BCUT2D eigenvalue weighted by atomic mass is 9.60. The highest BCUT2D eigenvalue weighted by molar-refractivity contribution is 7.90. The Kier molecular flexibility index (Phi) is 8.93. The molecule has 10 heteroatoms. The van der Waals surface area contributed by atoms with Crippen molar-refractivity contribution in [3.05, 3.63) is 29.8 Å². The number of carbonyl (C=O) groups is 3. The van der Waals surface area contributed by atoms with Gasteiger partial charge in [-0.25, -0.2) is 22.7 Å². The molecular weight excluding hydrogens is 456 g/mol. The molecule has 0 radical (unpaired) electrons. The lowest BCUT2D eigenvalue weighted by molar-refractivity contribution is -0.130. The third-order valence-corrected chi connectivity index (χ3v) is 7.97. The van der Waals surface area contributed by atoms with Crippen LogP contribution < -0.4 is 15.4 Å².